The van der Waals surface area contributed by atoms with Crippen LogP contribution in [0.25, 0.3) is 0 Å². The summed E-state index contributed by atoms with van der Waals surface area (Å²) in [6.07, 6.45) is 2.48. The van der Waals surface area contributed by atoms with Crippen molar-refractivity contribution in [3.05, 3.63) is 28.2 Å². The smallest absolute Gasteiger partial charge is 0.258 e. The van der Waals surface area contributed by atoms with Crippen molar-refractivity contribution in [3.63, 3.8) is 0 Å². The average molecular weight is 325 g/mol. The van der Waals surface area contributed by atoms with Crippen molar-refractivity contribution < 1.29 is 14.7 Å². The zero-order chi connectivity index (χ0) is 13.8. The standard InChI is InChI=1S/C11H9BrN4O3/c12-7-1-2-9(17)6(3-7)4-13-15-10(18)8-5-14-16-11(8)19/h1-5,8,17H,(H,15,18)(H,16,19)/b13-4-/t8-/m1/s1. The fourth-order valence-electron chi connectivity index (χ4n) is 1.36. The number of carbonyl (C=O) groups is 2. The van der Waals surface area contributed by atoms with Crippen LogP contribution in [0, 0.1) is 5.92 Å². The lowest BCUT2D eigenvalue weighted by Gasteiger charge is -2.02. The van der Waals surface area contributed by atoms with Crippen molar-refractivity contribution >= 4 is 40.2 Å². The van der Waals surface area contributed by atoms with Crippen LogP contribution in [0.1, 0.15) is 5.56 Å². The molecule has 0 bridgehead atoms. The largest absolute Gasteiger partial charge is 0.507 e. The normalized spacial score (nSPS) is 17.7. The second-order valence-electron chi connectivity index (χ2n) is 3.67. The first-order valence-electron chi connectivity index (χ1n) is 5.22. The van der Waals surface area contributed by atoms with Gasteiger partial charge >= 0.3 is 0 Å². The Labute approximate surface area is 116 Å². The number of carbonyl (C=O) groups excluding carboxylic acids is 2. The molecule has 0 unspecified atom stereocenters. The highest BCUT2D eigenvalue weighted by molar-refractivity contribution is 9.10. The van der Waals surface area contributed by atoms with Crippen LogP contribution in [0.5, 0.6) is 5.75 Å². The number of rotatable bonds is 3. The molecule has 0 aliphatic carbocycles. The van der Waals surface area contributed by atoms with E-state index in [4.69, 9.17) is 0 Å². The maximum atomic E-state index is 11.5. The van der Waals surface area contributed by atoms with E-state index in [-0.39, 0.29) is 5.75 Å². The molecule has 7 nitrogen and oxygen atoms in total. The minimum atomic E-state index is -0.978. The Morgan fingerprint density at radius 3 is 3.05 bits per heavy atom. The van der Waals surface area contributed by atoms with Crippen LogP contribution in [0.4, 0.5) is 0 Å². The third-order valence-corrected chi connectivity index (χ3v) is 2.82. The molecule has 1 aromatic rings. The van der Waals surface area contributed by atoms with Crippen LogP contribution in [0.15, 0.2) is 32.9 Å². The quantitative estimate of drug-likeness (QED) is 0.424. The van der Waals surface area contributed by atoms with Gasteiger partial charge in [-0.05, 0) is 18.2 Å². The van der Waals surface area contributed by atoms with E-state index in [0.29, 0.717) is 5.56 Å². The zero-order valence-electron chi connectivity index (χ0n) is 9.50. The van der Waals surface area contributed by atoms with Crippen LogP contribution in [0.2, 0.25) is 0 Å². The Balaban J connectivity index is 2.00. The van der Waals surface area contributed by atoms with Gasteiger partial charge in [0.25, 0.3) is 11.8 Å². The molecule has 1 aliphatic rings. The predicted molar refractivity (Wildman–Crippen MR) is 71.7 cm³/mol. The summed E-state index contributed by atoms with van der Waals surface area (Å²) in [5.41, 5.74) is 4.78. The zero-order valence-corrected chi connectivity index (χ0v) is 11.1. The molecule has 2 amide bonds. The van der Waals surface area contributed by atoms with Gasteiger partial charge in [0.15, 0.2) is 5.92 Å². The second-order valence-corrected chi connectivity index (χ2v) is 4.58. The summed E-state index contributed by atoms with van der Waals surface area (Å²) in [6, 6.07) is 4.80. The Hall–Kier alpha value is -2.22. The monoisotopic (exact) mass is 324 g/mol. The summed E-state index contributed by atoms with van der Waals surface area (Å²) in [4.78, 5) is 22.7. The Kier molecular flexibility index (Phi) is 3.91. The van der Waals surface area contributed by atoms with E-state index in [2.05, 4.69) is 37.0 Å². The van der Waals surface area contributed by atoms with E-state index in [1.165, 1.54) is 18.5 Å². The van der Waals surface area contributed by atoms with E-state index in [1.807, 2.05) is 0 Å². The van der Waals surface area contributed by atoms with E-state index in [9.17, 15) is 14.7 Å². The van der Waals surface area contributed by atoms with E-state index >= 15 is 0 Å². The number of aromatic hydroxyl groups is 1. The van der Waals surface area contributed by atoms with Crippen molar-refractivity contribution in [1.29, 1.82) is 0 Å². The average Bonchev–Trinajstić information content (AvgIpc) is 2.80. The number of phenolic OH excluding ortho intramolecular Hbond substituents is 1. The number of hydrogen-bond acceptors (Lipinski definition) is 5. The number of hydrogen-bond donors (Lipinski definition) is 3. The van der Waals surface area contributed by atoms with Gasteiger partial charge in [0.2, 0.25) is 0 Å². The van der Waals surface area contributed by atoms with Gasteiger partial charge in [-0.2, -0.15) is 10.2 Å². The van der Waals surface area contributed by atoms with Crippen molar-refractivity contribution in [2.45, 2.75) is 0 Å². The Morgan fingerprint density at radius 2 is 2.37 bits per heavy atom. The number of amides is 2. The van der Waals surface area contributed by atoms with Crippen LogP contribution in [0.3, 0.4) is 0 Å². The van der Waals surface area contributed by atoms with E-state index in [0.717, 1.165) is 4.47 Å². The summed E-state index contributed by atoms with van der Waals surface area (Å²) in [5.74, 6) is -2.04. The van der Waals surface area contributed by atoms with Crippen LogP contribution in [-0.2, 0) is 9.59 Å². The summed E-state index contributed by atoms with van der Waals surface area (Å²) in [5, 5.41) is 16.7. The fourth-order valence-corrected chi connectivity index (χ4v) is 1.74. The molecule has 0 saturated carbocycles. The molecular weight excluding hydrogens is 316 g/mol. The number of phenols is 1. The van der Waals surface area contributed by atoms with Crippen LogP contribution in [-0.4, -0.2) is 29.4 Å². The SMILES string of the molecule is O=C1NN=C[C@@H]1C(=O)N/N=C\c1cc(Br)ccc1O. The molecule has 0 saturated heterocycles. The number of benzene rings is 1. The first-order chi connectivity index (χ1) is 9.08. The van der Waals surface area contributed by atoms with Crippen molar-refractivity contribution in [2.24, 2.45) is 16.1 Å². The maximum absolute atomic E-state index is 11.5. The van der Waals surface area contributed by atoms with E-state index in [1.54, 1.807) is 12.1 Å². The van der Waals surface area contributed by atoms with Crippen molar-refractivity contribution in [1.82, 2.24) is 10.9 Å². The number of hydrazone groups is 2. The van der Waals surface area contributed by atoms with Crippen LogP contribution < -0.4 is 10.9 Å². The maximum Gasteiger partial charge on any atom is 0.258 e. The topological polar surface area (TPSA) is 103 Å². The van der Waals surface area contributed by atoms with Crippen molar-refractivity contribution in [2.75, 3.05) is 0 Å². The molecule has 2 rings (SSSR count). The first-order valence-corrected chi connectivity index (χ1v) is 6.01. The third kappa shape index (κ3) is 3.16. The van der Waals surface area contributed by atoms with Crippen molar-refractivity contribution in [3.8, 4) is 5.75 Å². The van der Waals surface area contributed by atoms with E-state index < -0.39 is 17.7 Å². The summed E-state index contributed by atoms with van der Waals surface area (Å²) in [6.45, 7) is 0. The van der Waals surface area contributed by atoms with Gasteiger partial charge < -0.3 is 5.11 Å². The van der Waals surface area contributed by atoms with Gasteiger partial charge in [-0.1, -0.05) is 15.9 Å². The number of halogens is 1. The molecule has 98 valence electrons. The number of nitrogens with zero attached hydrogens (tertiary/aromatic N) is 2. The lowest BCUT2D eigenvalue weighted by Crippen LogP contribution is -2.34. The first kappa shape index (κ1) is 13.2. The molecule has 0 spiro atoms. The Bertz CT molecular complexity index is 585. The molecule has 8 heteroatoms. The van der Waals surface area contributed by atoms with Gasteiger partial charge in [0.1, 0.15) is 5.75 Å². The van der Waals surface area contributed by atoms with Gasteiger partial charge in [0, 0.05) is 16.3 Å². The Morgan fingerprint density at radius 1 is 1.58 bits per heavy atom. The molecule has 1 aliphatic heterocycles. The molecule has 0 aromatic heterocycles. The summed E-state index contributed by atoms with van der Waals surface area (Å²) < 4.78 is 0.764. The lowest BCUT2D eigenvalue weighted by molar-refractivity contribution is -0.131. The fraction of sp³-hybridized carbons (Fsp3) is 0.0909. The molecule has 0 fully saturated rings. The highest BCUT2D eigenvalue weighted by Crippen LogP contribution is 2.19. The second kappa shape index (κ2) is 5.61. The van der Waals surface area contributed by atoms with Gasteiger partial charge in [0.05, 0.1) is 6.21 Å². The molecule has 0 radical (unpaired) electrons. The van der Waals surface area contributed by atoms with Crippen LogP contribution >= 0.6 is 15.9 Å². The molecule has 3 N–H and O–H groups in total. The molecule has 1 atom stereocenters. The molecule has 19 heavy (non-hydrogen) atoms. The summed E-state index contributed by atoms with van der Waals surface area (Å²) >= 11 is 3.25. The predicted octanol–water partition coefficient (Wildman–Crippen LogP) is 0.337. The molecule has 1 aromatic carbocycles. The highest BCUT2D eigenvalue weighted by Gasteiger charge is 2.28. The minimum Gasteiger partial charge on any atom is -0.507 e. The molecule has 1 heterocycles. The number of nitrogens with one attached hydrogen (secondary N) is 2. The summed E-state index contributed by atoms with van der Waals surface area (Å²) in [7, 11) is 0. The lowest BCUT2D eigenvalue weighted by atomic mass is 10.1. The van der Waals surface area contributed by atoms with Gasteiger partial charge in [-0.3, -0.25) is 9.59 Å². The molecular formula is C11H9BrN4O3. The highest BCUT2D eigenvalue weighted by atomic mass is 79.9. The minimum absolute atomic E-state index is 0.0290. The van der Waals surface area contributed by atoms with Gasteiger partial charge in [-0.25, -0.2) is 10.9 Å². The third-order valence-electron chi connectivity index (χ3n) is 2.33. The van der Waals surface area contributed by atoms with Gasteiger partial charge in [-0.15, -0.1) is 0 Å².